The predicted octanol–water partition coefficient (Wildman–Crippen LogP) is 5.07. The van der Waals surface area contributed by atoms with Crippen LogP contribution in [-0.4, -0.2) is 72.2 Å². The van der Waals surface area contributed by atoms with Gasteiger partial charge in [-0.2, -0.15) is 0 Å². The Morgan fingerprint density at radius 1 is 0.593 bits per heavy atom. The number of ether oxygens (including phenoxy) is 4. The summed E-state index contributed by atoms with van der Waals surface area (Å²) in [6.07, 6.45) is 5.05. The molecule has 0 unspecified atom stereocenters. The molecule has 0 aliphatic heterocycles. The molecule has 0 aromatic carbocycles. The zero-order valence-electron chi connectivity index (χ0n) is 18.3. The highest BCUT2D eigenvalue weighted by molar-refractivity contribution is 14.1. The van der Waals surface area contributed by atoms with Crippen LogP contribution < -0.4 is 0 Å². The van der Waals surface area contributed by atoms with E-state index >= 15 is 0 Å². The van der Waals surface area contributed by atoms with Crippen molar-refractivity contribution in [1.29, 1.82) is 0 Å². The first kappa shape index (κ1) is 27.7. The number of rotatable bonds is 19. The molecule has 0 aromatic heterocycles. The Bertz CT molecular complexity index is 324. The van der Waals surface area contributed by atoms with Crippen molar-refractivity contribution in [3.63, 3.8) is 0 Å². The molecule has 0 saturated carbocycles. The maximum absolute atomic E-state index is 6.06. The van der Waals surface area contributed by atoms with Gasteiger partial charge in [0.05, 0.1) is 52.9 Å². The molecule has 0 radical (unpaired) electrons. The summed E-state index contributed by atoms with van der Waals surface area (Å²) >= 11 is 2.43. The van der Waals surface area contributed by atoms with Gasteiger partial charge in [0.25, 0.3) is 0 Å². The molecular weight excluding hydrogens is 475 g/mol. The van der Waals surface area contributed by atoms with Gasteiger partial charge in [0.15, 0.2) is 8.32 Å². The molecule has 0 bridgehead atoms. The molecule has 0 atom stereocenters. The van der Waals surface area contributed by atoms with Gasteiger partial charge >= 0.3 is 0 Å². The third-order valence-corrected chi connectivity index (χ3v) is 10.1. The molecule has 0 heterocycles. The van der Waals surface area contributed by atoms with E-state index in [0.29, 0.717) is 52.9 Å². The van der Waals surface area contributed by atoms with Crippen molar-refractivity contribution in [1.82, 2.24) is 0 Å². The van der Waals surface area contributed by atoms with E-state index in [2.05, 4.69) is 56.5 Å². The monoisotopic (exact) mass is 518 g/mol. The Balaban J connectivity index is 3.19. The van der Waals surface area contributed by atoms with Gasteiger partial charge in [-0.05, 0) is 35.4 Å². The Hall–Kier alpha value is 0.747. The maximum Gasteiger partial charge on any atom is 0.192 e. The second-order valence-electron chi connectivity index (χ2n) is 8.16. The third-order valence-electron chi connectivity index (χ3n) is 4.79. The summed E-state index contributed by atoms with van der Waals surface area (Å²) in [5.74, 6) is 0. The zero-order valence-corrected chi connectivity index (χ0v) is 21.5. The molecule has 0 aromatic rings. The molecule has 0 N–H and O–H groups in total. The molecule has 27 heavy (non-hydrogen) atoms. The minimum atomic E-state index is -1.65. The van der Waals surface area contributed by atoms with E-state index < -0.39 is 8.32 Å². The second kappa shape index (κ2) is 17.6. The van der Waals surface area contributed by atoms with Crippen molar-refractivity contribution in [2.75, 3.05) is 63.9 Å². The molecule has 0 rings (SSSR count). The molecule has 0 aliphatic carbocycles. The van der Waals surface area contributed by atoms with E-state index in [9.17, 15) is 0 Å². The fourth-order valence-electron chi connectivity index (χ4n) is 1.99. The van der Waals surface area contributed by atoms with Gasteiger partial charge in [-0.3, -0.25) is 0 Å². The molecular formula is C20H43IO5Si. The first-order valence-corrected chi connectivity index (χ1v) is 14.8. The van der Waals surface area contributed by atoms with Crippen LogP contribution in [0.15, 0.2) is 0 Å². The number of halogens is 1. The van der Waals surface area contributed by atoms with Gasteiger partial charge in [0.2, 0.25) is 0 Å². The molecule has 0 fully saturated rings. The van der Waals surface area contributed by atoms with E-state index in [0.717, 1.165) is 13.0 Å². The van der Waals surface area contributed by atoms with Crippen molar-refractivity contribution >= 4 is 30.9 Å². The van der Waals surface area contributed by atoms with E-state index in [1.54, 1.807) is 0 Å². The minimum absolute atomic E-state index is 0.246. The van der Waals surface area contributed by atoms with E-state index in [1.165, 1.54) is 23.7 Å². The van der Waals surface area contributed by atoms with Crippen LogP contribution in [-0.2, 0) is 23.4 Å². The van der Waals surface area contributed by atoms with Gasteiger partial charge in [-0.15, -0.1) is 0 Å². The van der Waals surface area contributed by atoms with Crippen molar-refractivity contribution in [3.05, 3.63) is 0 Å². The van der Waals surface area contributed by atoms with Crippen LogP contribution in [0, 0.1) is 0 Å². The van der Waals surface area contributed by atoms with Gasteiger partial charge in [0, 0.05) is 6.61 Å². The van der Waals surface area contributed by atoms with Crippen molar-refractivity contribution < 1.29 is 23.4 Å². The molecule has 0 amide bonds. The first-order valence-electron chi connectivity index (χ1n) is 10.3. The normalized spacial score (nSPS) is 12.7. The third kappa shape index (κ3) is 17.3. The fourth-order valence-corrected chi connectivity index (χ4v) is 3.55. The summed E-state index contributed by atoms with van der Waals surface area (Å²) in [6, 6.07) is 0. The van der Waals surface area contributed by atoms with Crippen molar-refractivity contribution in [3.8, 4) is 0 Å². The lowest BCUT2D eigenvalue weighted by Gasteiger charge is -2.36. The van der Waals surface area contributed by atoms with Crippen molar-refractivity contribution in [2.45, 2.75) is 64.6 Å². The van der Waals surface area contributed by atoms with E-state index in [4.69, 9.17) is 23.4 Å². The van der Waals surface area contributed by atoms with E-state index in [-0.39, 0.29) is 5.04 Å². The molecule has 7 heteroatoms. The second-order valence-corrected chi connectivity index (χ2v) is 14.0. The standard InChI is InChI=1S/C20H43IO5Si/c1-20(2,3)27(4,5)26-19-18-25-17-16-24-15-14-23-13-12-22-11-9-7-6-8-10-21/h6-19H2,1-5H3. The number of alkyl halides is 1. The lowest BCUT2D eigenvalue weighted by molar-refractivity contribution is -0.00530. The van der Waals surface area contributed by atoms with Crippen LogP contribution in [0.1, 0.15) is 46.5 Å². The average molecular weight is 519 g/mol. The summed E-state index contributed by atoms with van der Waals surface area (Å²) in [4.78, 5) is 0. The van der Waals surface area contributed by atoms with Crippen LogP contribution in [0.4, 0.5) is 0 Å². The summed E-state index contributed by atoms with van der Waals surface area (Å²) in [5.41, 5.74) is 0. The Morgan fingerprint density at radius 2 is 1.00 bits per heavy atom. The molecule has 164 valence electrons. The lowest BCUT2D eigenvalue weighted by Crippen LogP contribution is -2.41. The minimum Gasteiger partial charge on any atom is -0.414 e. The quantitative estimate of drug-likeness (QED) is 0.103. The Kier molecular flexibility index (Phi) is 18.1. The van der Waals surface area contributed by atoms with E-state index in [1.807, 2.05) is 0 Å². The summed E-state index contributed by atoms with van der Waals surface area (Å²) < 4.78 is 29.4. The molecule has 0 spiro atoms. The summed E-state index contributed by atoms with van der Waals surface area (Å²) in [5, 5.41) is 0.246. The van der Waals surface area contributed by atoms with Gasteiger partial charge < -0.3 is 23.4 Å². The zero-order chi connectivity index (χ0) is 20.4. The number of unbranched alkanes of at least 4 members (excludes halogenated alkanes) is 3. The molecule has 0 aliphatic rings. The largest absolute Gasteiger partial charge is 0.414 e. The predicted molar refractivity (Wildman–Crippen MR) is 124 cm³/mol. The van der Waals surface area contributed by atoms with Gasteiger partial charge in [0.1, 0.15) is 0 Å². The topological polar surface area (TPSA) is 46.2 Å². The van der Waals surface area contributed by atoms with Crippen LogP contribution in [0.5, 0.6) is 0 Å². The van der Waals surface area contributed by atoms with Gasteiger partial charge in [-0.25, -0.2) is 0 Å². The smallest absolute Gasteiger partial charge is 0.192 e. The number of hydrogen-bond acceptors (Lipinski definition) is 5. The Labute approximate surface area is 182 Å². The highest BCUT2D eigenvalue weighted by atomic mass is 127. The number of hydrogen-bond donors (Lipinski definition) is 0. The summed E-state index contributed by atoms with van der Waals surface area (Å²) in [6.45, 7) is 17.1. The van der Waals surface area contributed by atoms with Crippen LogP contribution in [0.3, 0.4) is 0 Å². The summed E-state index contributed by atoms with van der Waals surface area (Å²) in [7, 11) is -1.65. The molecule has 5 nitrogen and oxygen atoms in total. The highest BCUT2D eigenvalue weighted by Gasteiger charge is 2.36. The Morgan fingerprint density at radius 3 is 1.44 bits per heavy atom. The van der Waals surface area contributed by atoms with Crippen LogP contribution in [0.25, 0.3) is 0 Å². The van der Waals surface area contributed by atoms with Crippen LogP contribution >= 0.6 is 22.6 Å². The van der Waals surface area contributed by atoms with Gasteiger partial charge in [-0.1, -0.05) is 56.2 Å². The fraction of sp³-hybridized carbons (Fsp3) is 1.00. The first-order chi connectivity index (χ1) is 12.8. The SMILES string of the molecule is CC(C)(C)[Si](C)(C)OCCOCCOCCOCCOCCCCCCI. The van der Waals surface area contributed by atoms with Crippen LogP contribution in [0.2, 0.25) is 18.1 Å². The maximum atomic E-state index is 6.06. The molecule has 0 saturated heterocycles. The lowest BCUT2D eigenvalue weighted by atomic mass is 10.2. The average Bonchev–Trinajstić information content (AvgIpc) is 2.59. The highest BCUT2D eigenvalue weighted by Crippen LogP contribution is 2.36. The van der Waals surface area contributed by atoms with Crippen molar-refractivity contribution in [2.24, 2.45) is 0 Å².